The molecule has 0 saturated heterocycles. The maximum absolute atomic E-state index is 14.9. The maximum Gasteiger partial charge on any atom is 0.312 e. The van der Waals surface area contributed by atoms with E-state index in [9.17, 15) is 24.0 Å². The van der Waals surface area contributed by atoms with Crippen LogP contribution in [-0.4, -0.2) is 55.7 Å². The summed E-state index contributed by atoms with van der Waals surface area (Å²) in [6, 6.07) is 9.89. The van der Waals surface area contributed by atoms with Crippen LogP contribution in [0.3, 0.4) is 0 Å². The molecule has 3 fully saturated rings. The smallest absolute Gasteiger partial charge is 0.312 e. The SMILES string of the molecule is C=CC1CC1(CC(=O)C1CC(Oc2cc(C3=CCC(CC(=O)CC(C)C)=C3)cc3cc(OC)ccc23)CC1C(=O)C(CC(=O)OC1CCCC1)C(C)(C)C)C(=O)OC. The molecule has 4 aliphatic rings. The van der Waals surface area contributed by atoms with E-state index in [0.717, 1.165) is 53.2 Å². The van der Waals surface area contributed by atoms with Crippen molar-refractivity contribution in [1.82, 2.24) is 0 Å². The van der Waals surface area contributed by atoms with Crippen molar-refractivity contribution in [2.75, 3.05) is 14.2 Å². The second kappa shape index (κ2) is 17.8. The lowest BCUT2D eigenvalue weighted by atomic mass is 9.70. The second-order valence-corrected chi connectivity index (χ2v) is 18.7. The molecule has 58 heavy (non-hydrogen) atoms. The fourth-order valence-electron chi connectivity index (χ4n) is 9.62. The van der Waals surface area contributed by atoms with Gasteiger partial charge in [0.2, 0.25) is 0 Å². The van der Waals surface area contributed by atoms with Crippen LogP contribution in [0.2, 0.25) is 0 Å². The molecule has 0 amide bonds. The van der Waals surface area contributed by atoms with Crippen molar-refractivity contribution in [1.29, 1.82) is 0 Å². The molecule has 0 aromatic heterocycles. The van der Waals surface area contributed by atoms with Crippen molar-refractivity contribution in [3.05, 3.63) is 66.3 Å². The Bertz CT molecular complexity index is 1990. The van der Waals surface area contributed by atoms with Gasteiger partial charge in [-0.1, -0.05) is 58.4 Å². The van der Waals surface area contributed by atoms with Gasteiger partial charge in [-0.15, -0.1) is 6.58 Å². The first-order valence-electron chi connectivity index (χ1n) is 21.2. The van der Waals surface area contributed by atoms with Crippen molar-refractivity contribution in [2.45, 2.75) is 124 Å². The van der Waals surface area contributed by atoms with Gasteiger partial charge in [0.05, 0.1) is 26.1 Å². The first kappa shape index (κ1) is 43.1. The number of fused-ring (bicyclic) bond motifs is 1. The van der Waals surface area contributed by atoms with Crippen LogP contribution in [0.25, 0.3) is 16.3 Å². The van der Waals surface area contributed by atoms with Gasteiger partial charge in [-0.3, -0.25) is 24.0 Å². The predicted molar refractivity (Wildman–Crippen MR) is 224 cm³/mol. The van der Waals surface area contributed by atoms with E-state index >= 15 is 0 Å². The van der Waals surface area contributed by atoms with Crippen LogP contribution in [-0.2, 0) is 33.4 Å². The third-order valence-electron chi connectivity index (χ3n) is 12.9. The van der Waals surface area contributed by atoms with Crippen LogP contribution < -0.4 is 9.47 Å². The third-order valence-corrected chi connectivity index (χ3v) is 12.9. The fraction of sp³-hybridized carbons (Fsp3) is 0.571. The van der Waals surface area contributed by atoms with Gasteiger partial charge in [0, 0.05) is 42.4 Å². The highest BCUT2D eigenvalue weighted by molar-refractivity contribution is 5.97. The van der Waals surface area contributed by atoms with Crippen molar-refractivity contribution in [2.24, 2.45) is 40.4 Å². The number of methoxy groups -OCH3 is 2. The van der Waals surface area contributed by atoms with Crippen LogP contribution in [0.4, 0.5) is 0 Å². The molecule has 2 aromatic carbocycles. The average molecular weight is 795 g/mol. The van der Waals surface area contributed by atoms with Crippen molar-refractivity contribution < 1.29 is 42.9 Å². The maximum atomic E-state index is 14.9. The monoisotopic (exact) mass is 794 g/mol. The molecule has 6 unspecified atom stereocenters. The Morgan fingerprint density at radius 2 is 1.67 bits per heavy atom. The second-order valence-electron chi connectivity index (χ2n) is 18.7. The van der Waals surface area contributed by atoms with Gasteiger partial charge in [0.25, 0.3) is 0 Å². The third kappa shape index (κ3) is 9.66. The Balaban J connectivity index is 1.31. The summed E-state index contributed by atoms with van der Waals surface area (Å²) in [5.74, 6) is -1.61. The standard InChI is InChI=1S/C49H62O9/c1-9-34-27-49(34,47(54)56-8)28-43(51)40-24-38(25-41(40)46(53)42(48(4,5)6)26-45(52)58-36-12-10-11-13-36)57-44-23-32(21-33-22-37(55-7)16-17-39(33)44)31-15-14-30(19-31)20-35(50)18-29(2)3/h9,15-17,19,21-23,29,34,36,38,40-42H,1,10-14,18,20,24-28H2,2-8H3. The van der Waals surface area contributed by atoms with Gasteiger partial charge in [0.1, 0.15) is 41.1 Å². The van der Waals surface area contributed by atoms with E-state index in [0.29, 0.717) is 43.1 Å². The van der Waals surface area contributed by atoms with Gasteiger partial charge >= 0.3 is 11.9 Å². The van der Waals surface area contributed by atoms with Gasteiger partial charge in [-0.05, 0) is 115 Å². The number of hydrogen-bond donors (Lipinski definition) is 0. The fourth-order valence-corrected chi connectivity index (χ4v) is 9.62. The molecule has 0 N–H and O–H groups in total. The van der Waals surface area contributed by atoms with Gasteiger partial charge < -0.3 is 18.9 Å². The molecular formula is C49H62O9. The van der Waals surface area contributed by atoms with Gasteiger partial charge in [-0.25, -0.2) is 0 Å². The number of ether oxygens (including phenoxy) is 4. The highest BCUT2D eigenvalue weighted by Gasteiger charge is 2.61. The lowest BCUT2D eigenvalue weighted by molar-refractivity contribution is -0.154. The summed E-state index contributed by atoms with van der Waals surface area (Å²) in [6.07, 6.45) is 11.6. The van der Waals surface area contributed by atoms with Gasteiger partial charge in [0.15, 0.2) is 0 Å². The Labute approximate surface area is 344 Å². The molecule has 9 nitrogen and oxygen atoms in total. The quantitative estimate of drug-likeness (QED) is 0.107. The van der Waals surface area contributed by atoms with E-state index < -0.39 is 40.7 Å². The molecule has 0 spiro atoms. The summed E-state index contributed by atoms with van der Waals surface area (Å²) < 4.78 is 23.5. The molecule has 6 atom stereocenters. The number of Topliss-reactive ketones (excluding diaryl/α,β-unsaturated/α-hetero) is 3. The highest BCUT2D eigenvalue weighted by atomic mass is 16.5. The van der Waals surface area contributed by atoms with Crippen LogP contribution in [0.1, 0.15) is 117 Å². The summed E-state index contributed by atoms with van der Waals surface area (Å²) >= 11 is 0. The summed E-state index contributed by atoms with van der Waals surface area (Å²) in [6.45, 7) is 13.8. The van der Waals surface area contributed by atoms with Crippen LogP contribution >= 0.6 is 0 Å². The normalized spacial score (nSPS) is 24.9. The number of carbonyl (C=O) groups is 5. The van der Waals surface area contributed by atoms with Crippen LogP contribution in [0, 0.1) is 40.4 Å². The molecule has 6 rings (SSSR count). The van der Waals surface area contributed by atoms with E-state index in [1.807, 2.05) is 45.0 Å². The number of allylic oxidation sites excluding steroid dienone is 5. The number of rotatable bonds is 18. The number of benzene rings is 2. The van der Waals surface area contributed by atoms with E-state index in [2.05, 4.69) is 38.6 Å². The summed E-state index contributed by atoms with van der Waals surface area (Å²) in [7, 11) is 2.95. The van der Waals surface area contributed by atoms with Crippen molar-refractivity contribution in [3.63, 3.8) is 0 Å². The zero-order valence-corrected chi connectivity index (χ0v) is 35.5. The Morgan fingerprint density at radius 1 is 0.948 bits per heavy atom. The molecule has 0 heterocycles. The Morgan fingerprint density at radius 3 is 2.31 bits per heavy atom. The minimum atomic E-state index is -0.987. The molecule has 3 saturated carbocycles. The number of ketones is 3. The first-order valence-corrected chi connectivity index (χ1v) is 21.2. The zero-order chi connectivity index (χ0) is 41.9. The van der Waals surface area contributed by atoms with E-state index in [1.54, 1.807) is 13.2 Å². The van der Waals surface area contributed by atoms with Crippen LogP contribution in [0.5, 0.6) is 11.5 Å². The van der Waals surface area contributed by atoms with Crippen molar-refractivity contribution in [3.8, 4) is 11.5 Å². The van der Waals surface area contributed by atoms with E-state index in [4.69, 9.17) is 18.9 Å². The van der Waals surface area contributed by atoms with E-state index in [-0.39, 0.29) is 61.0 Å². The summed E-state index contributed by atoms with van der Waals surface area (Å²) in [5, 5.41) is 1.76. The molecule has 9 heteroatoms. The summed E-state index contributed by atoms with van der Waals surface area (Å²) in [5.41, 5.74) is 1.44. The average Bonchev–Trinajstić information content (AvgIpc) is 3.60. The number of hydrogen-bond acceptors (Lipinski definition) is 9. The number of esters is 2. The molecule has 4 aliphatic carbocycles. The lowest BCUT2D eigenvalue weighted by Gasteiger charge is -2.32. The summed E-state index contributed by atoms with van der Waals surface area (Å²) in [4.78, 5) is 68.5. The highest BCUT2D eigenvalue weighted by Crippen LogP contribution is 2.58. The predicted octanol–water partition coefficient (Wildman–Crippen LogP) is 9.77. The molecule has 2 aromatic rings. The molecule has 312 valence electrons. The topological polar surface area (TPSA) is 122 Å². The Kier molecular flexibility index (Phi) is 13.2. The van der Waals surface area contributed by atoms with E-state index in [1.165, 1.54) is 7.11 Å². The largest absolute Gasteiger partial charge is 0.497 e. The molecule has 0 aliphatic heterocycles. The molecular weight excluding hydrogens is 733 g/mol. The zero-order valence-electron chi connectivity index (χ0n) is 35.5. The lowest BCUT2D eigenvalue weighted by Crippen LogP contribution is -2.39. The first-order chi connectivity index (χ1) is 27.5. The van der Waals surface area contributed by atoms with Gasteiger partial charge in [-0.2, -0.15) is 0 Å². The number of carbonyl (C=O) groups excluding carboxylic acids is 5. The minimum absolute atomic E-state index is 0.0534. The Hall–Kier alpha value is -4.53. The molecule has 0 bridgehead atoms. The minimum Gasteiger partial charge on any atom is -0.497 e. The molecule has 0 radical (unpaired) electrons. The van der Waals surface area contributed by atoms with Crippen LogP contribution in [0.15, 0.2) is 60.7 Å². The van der Waals surface area contributed by atoms with Crippen molar-refractivity contribution >= 4 is 45.6 Å².